The maximum absolute atomic E-state index is 14.7. The summed E-state index contributed by atoms with van der Waals surface area (Å²) < 4.78 is 31.7. The summed E-state index contributed by atoms with van der Waals surface area (Å²) in [5.74, 6) is 0.358. The third-order valence-electron chi connectivity index (χ3n) is 8.72. The summed E-state index contributed by atoms with van der Waals surface area (Å²) in [6, 6.07) is 8.34. The van der Waals surface area contributed by atoms with Crippen LogP contribution in [0.25, 0.3) is 33.4 Å². The highest BCUT2D eigenvalue weighted by atomic mass is 35.5. The monoisotopic (exact) mass is 640 g/mol. The van der Waals surface area contributed by atoms with Crippen molar-refractivity contribution in [3.8, 4) is 11.5 Å². The lowest BCUT2D eigenvalue weighted by Crippen LogP contribution is -2.45. The Morgan fingerprint density at radius 2 is 1.96 bits per heavy atom. The summed E-state index contributed by atoms with van der Waals surface area (Å²) in [5.41, 5.74) is 2.36. The van der Waals surface area contributed by atoms with Gasteiger partial charge in [-0.05, 0) is 49.1 Å². The predicted octanol–water partition coefficient (Wildman–Crippen LogP) is 4.95. The number of amides is 1. The van der Waals surface area contributed by atoms with Crippen molar-refractivity contribution in [2.45, 2.75) is 31.3 Å². The largest absolute Gasteiger partial charge is 0.365 e. The van der Waals surface area contributed by atoms with Gasteiger partial charge in [-0.3, -0.25) is 14.3 Å². The molecular weight excluding hydrogens is 614 g/mol. The molecule has 0 unspecified atom stereocenters. The molecule has 1 N–H and O–H groups in total. The van der Waals surface area contributed by atoms with E-state index < -0.39 is 17.7 Å². The molecule has 2 aliphatic heterocycles. The van der Waals surface area contributed by atoms with Gasteiger partial charge >= 0.3 is 0 Å². The number of hydrogen-bond acceptors (Lipinski definition) is 8. The molecular formula is C32H27ClF2N10O. The molecule has 11 nitrogen and oxygen atoms in total. The first-order valence-corrected chi connectivity index (χ1v) is 15.3. The number of hydrogen-bond donors (Lipinski definition) is 1. The van der Waals surface area contributed by atoms with Crippen molar-refractivity contribution in [1.29, 1.82) is 0 Å². The zero-order chi connectivity index (χ0) is 31.5. The summed E-state index contributed by atoms with van der Waals surface area (Å²) >= 11 is 6.64. The van der Waals surface area contributed by atoms with Crippen LogP contribution in [-0.2, 0) is 11.2 Å². The number of nitrogens with zero attached hydrogens (tertiary/aromatic N) is 9. The second-order valence-electron chi connectivity index (χ2n) is 11.6. The lowest BCUT2D eigenvalue weighted by molar-refractivity contribution is -0.131. The van der Waals surface area contributed by atoms with Crippen LogP contribution in [0, 0.1) is 11.6 Å². The van der Waals surface area contributed by atoms with Gasteiger partial charge in [0, 0.05) is 56.2 Å². The van der Waals surface area contributed by atoms with Gasteiger partial charge in [-0.25, -0.2) is 28.4 Å². The number of pyridine rings is 2. The average Bonchev–Trinajstić information content (AvgIpc) is 3.76. The molecule has 2 atom stereocenters. The fourth-order valence-electron chi connectivity index (χ4n) is 6.58. The Balaban J connectivity index is 1.19. The summed E-state index contributed by atoms with van der Waals surface area (Å²) in [5, 5.41) is 9.89. The first kappa shape index (κ1) is 28.3. The normalized spacial score (nSPS) is 18.6. The van der Waals surface area contributed by atoms with Crippen LogP contribution < -0.4 is 10.2 Å². The molecule has 4 bridgehead atoms. The Kier molecular flexibility index (Phi) is 6.78. The van der Waals surface area contributed by atoms with Gasteiger partial charge in [0.1, 0.15) is 41.3 Å². The number of nitrogens with one attached hydrogen (secondary N) is 1. The topological polar surface area (TPSA) is 110 Å². The van der Waals surface area contributed by atoms with Crippen LogP contribution in [0.1, 0.15) is 18.4 Å². The molecule has 0 spiro atoms. The number of likely N-dealkylation sites (N-methyl/N-ethyl adjacent to an activating group) is 1. The Labute approximate surface area is 266 Å². The second kappa shape index (κ2) is 11.0. The third kappa shape index (κ3) is 4.69. The van der Waals surface area contributed by atoms with Crippen molar-refractivity contribution >= 4 is 51.1 Å². The van der Waals surface area contributed by atoms with E-state index in [1.165, 1.54) is 23.1 Å². The van der Waals surface area contributed by atoms with Crippen molar-refractivity contribution < 1.29 is 13.6 Å². The number of aromatic nitrogens is 7. The minimum atomic E-state index is -0.769. The lowest BCUT2D eigenvalue weighted by atomic mass is 10.1. The zero-order valence-corrected chi connectivity index (χ0v) is 25.4. The SMILES string of the molecule is CN1CCCc2cncc3c(Cl)cn(c23)-c2cccc(n2)N[C@H]2C[C@@H](C1=O)N(c1ncnc3c1cnn3-c1ccc(F)cc1F)C2. The van der Waals surface area contributed by atoms with Crippen LogP contribution in [0.15, 0.2) is 67.5 Å². The molecule has 0 radical (unpaired) electrons. The highest BCUT2D eigenvalue weighted by Gasteiger charge is 2.40. The minimum Gasteiger partial charge on any atom is -0.365 e. The standard InChI is InChI=1S/C32H27ClF2N10O/c1-42-9-3-4-18-12-36-13-21-23(33)16-44(29(18)21)28-6-2-5-27(41-28)40-20-11-26(32(42)46)43(15-20)30-22-14-39-45(31(22)38-17-37-30)25-8-7-19(34)10-24(25)35/h2,5-8,10,12-14,16-17,20,26H,3-4,9,11,15H2,1H3,(H,40,41)/t20-,26-/m0/s1. The fraction of sp³-hybridized carbons (Fsp3) is 0.250. The Morgan fingerprint density at radius 1 is 1.07 bits per heavy atom. The second-order valence-corrected chi connectivity index (χ2v) is 12.0. The fourth-order valence-corrected chi connectivity index (χ4v) is 6.82. The van der Waals surface area contributed by atoms with Gasteiger partial charge in [0.05, 0.1) is 22.1 Å². The quantitative estimate of drug-likeness (QED) is 0.283. The number of fused-ring (bicyclic) bond motifs is 6. The van der Waals surface area contributed by atoms with E-state index in [-0.39, 0.29) is 17.6 Å². The number of rotatable bonds is 2. The number of carbonyl (C=O) groups is 1. The highest BCUT2D eigenvalue weighted by Crippen LogP contribution is 2.34. The van der Waals surface area contributed by atoms with E-state index in [1.807, 2.05) is 47.1 Å². The van der Waals surface area contributed by atoms with Crippen molar-refractivity contribution in [3.63, 3.8) is 0 Å². The minimum absolute atomic E-state index is 0.0487. The molecule has 1 saturated heterocycles. The first-order chi connectivity index (χ1) is 22.4. The molecule has 2 aliphatic rings. The summed E-state index contributed by atoms with van der Waals surface area (Å²) in [4.78, 5) is 36.1. The van der Waals surface area contributed by atoms with E-state index in [9.17, 15) is 13.6 Å². The number of carbonyl (C=O) groups excluding carboxylic acids is 1. The van der Waals surface area contributed by atoms with Crippen molar-refractivity contribution in [1.82, 2.24) is 39.2 Å². The van der Waals surface area contributed by atoms with E-state index in [4.69, 9.17) is 16.6 Å². The maximum Gasteiger partial charge on any atom is 0.245 e. The zero-order valence-electron chi connectivity index (χ0n) is 24.6. The highest BCUT2D eigenvalue weighted by molar-refractivity contribution is 6.35. The molecule has 1 fully saturated rings. The van der Waals surface area contributed by atoms with Gasteiger partial charge in [-0.2, -0.15) is 5.10 Å². The van der Waals surface area contributed by atoms with Crippen LogP contribution >= 0.6 is 11.6 Å². The van der Waals surface area contributed by atoms with E-state index in [2.05, 4.69) is 25.4 Å². The van der Waals surface area contributed by atoms with E-state index >= 15 is 0 Å². The van der Waals surface area contributed by atoms with E-state index in [0.717, 1.165) is 22.5 Å². The molecule has 0 saturated carbocycles. The van der Waals surface area contributed by atoms with Crippen LogP contribution in [-0.4, -0.2) is 77.3 Å². The van der Waals surface area contributed by atoms with Crippen LogP contribution in [0.5, 0.6) is 0 Å². The lowest BCUT2D eigenvalue weighted by Gasteiger charge is -2.29. The number of aryl methyl sites for hydroxylation is 1. The van der Waals surface area contributed by atoms with Crippen LogP contribution in [0.3, 0.4) is 0 Å². The molecule has 1 aromatic carbocycles. The van der Waals surface area contributed by atoms with Gasteiger partial charge in [0.15, 0.2) is 11.5 Å². The predicted molar refractivity (Wildman–Crippen MR) is 170 cm³/mol. The molecule has 14 heteroatoms. The summed E-state index contributed by atoms with van der Waals surface area (Å²) in [6.45, 7) is 0.964. The number of anilines is 2. The van der Waals surface area contributed by atoms with Crippen molar-refractivity contribution in [3.05, 3.63) is 89.7 Å². The van der Waals surface area contributed by atoms with Gasteiger partial charge in [-0.15, -0.1) is 0 Å². The molecule has 0 aliphatic carbocycles. The van der Waals surface area contributed by atoms with Crippen molar-refractivity contribution in [2.24, 2.45) is 0 Å². The van der Waals surface area contributed by atoms with Gasteiger partial charge in [-0.1, -0.05) is 17.7 Å². The van der Waals surface area contributed by atoms with Crippen LogP contribution in [0.2, 0.25) is 5.02 Å². The molecule has 7 heterocycles. The van der Waals surface area contributed by atoms with E-state index in [1.54, 1.807) is 17.3 Å². The molecule has 1 amide bonds. The smallest absolute Gasteiger partial charge is 0.245 e. The van der Waals surface area contributed by atoms with Crippen molar-refractivity contribution in [2.75, 3.05) is 30.4 Å². The molecule has 232 valence electrons. The Bertz CT molecular complexity index is 2150. The first-order valence-electron chi connectivity index (χ1n) is 14.9. The van der Waals surface area contributed by atoms with E-state index in [0.29, 0.717) is 65.9 Å². The number of halogens is 3. The molecule has 5 aromatic heterocycles. The molecule has 6 aromatic rings. The van der Waals surface area contributed by atoms with Gasteiger partial charge < -0.3 is 15.1 Å². The molecule has 8 rings (SSSR count). The summed E-state index contributed by atoms with van der Waals surface area (Å²) in [6.07, 6.45) is 10.3. The Morgan fingerprint density at radius 3 is 2.83 bits per heavy atom. The maximum atomic E-state index is 14.7. The third-order valence-corrected chi connectivity index (χ3v) is 9.03. The Hall–Kier alpha value is -5.17. The van der Waals surface area contributed by atoms with Gasteiger partial charge in [0.25, 0.3) is 0 Å². The number of benzene rings is 1. The average molecular weight is 641 g/mol. The van der Waals surface area contributed by atoms with Gasteiger partial charge in [0.2, 0.25) is 5.91 Å². The molecule has 46 heavy (non-hydrogen) atoms. The summed E-state index contributed by atoms with van der Waals surface area (Å²) in [7, 11) is 1.81. The van der Waals surface area contributed by atoms with Crippen LogP contribution in [0.4, 0.5) is 20.4 Å².